The molecule has 0 spiro atoms. The Kier molecular flexibility index (Phi) is 3.84. The molecule has 2 aromatic rings. The molecule has 5 heteroatoms. The zero-order chi connectivity index (χ0) is 13.0. The Morgan fingerprint density at radius 2 is 2.17 bits per heavy atom. The van der Waals surface area contributed by atoms with E-state index in [-0.39, 0.29) is 6.61 Å². The first-order chi connectivity index (χ1) is 8.70. The summed E-state index contributed by atoms with van der Waals surface area (Å²) in [7, 11) is 1.56. The molecule has 2 rings (SSSR count). The average Bonchev–Trinajstić information content (AvgIpc) is 2.89. The third kappa shape index (κ3) is 2.81. The average molecular weight is 249 g/mol. The van der Waals surface area contributed by atoms with Gasteiger partial charge in [0, 0.05) is 6.07 Å². The van der Waals surface area contributed by atoms with Gasteiger partial charge in [0.05, 0.1) is 19.4 Å². The predicted octanol–water partition coefficient (Wildman–Crippen LogP) is 2.32. The van der Waals surface area contributed by atoms with Crippen molar-refractivity contribution in [1.29, 1.82) is 0 Å². The number of nitrogens with zero attached hydrogens (tertiary/aromatic N) is 1. The number of rotatable bonds is 5. The second-order valence-corrected chi connectivity index (χ2v) is 3.85. The summed E-state index contributed by atoms with van der Waals surface area (Å²) in [5, 5.41) is 13.1. The van der Waals surface area contributed by atoms with E-state index in [1.165, 1.54) is 0 Å². The summed E-state index contributed by atoms with van der Waals surface area (Å²) in [6.07, 6.45) is 1.02. The molecule has 1 heterocycles. The maximum absolute atomic E-state index is 9.50. The lowest BCUT2D eigenvalue weighted by molar-refractivity contribution is 0.198. The zero-order valence-corrected chi connectivity index (χ0v) is 10.3. The molecule has 0 amide bonds. The van der Waals surface area contributed by atoms with E-state index in [1.807, 2.05) is 0 Å². The standard InChI is InChI=1S/C13H15NO4/c1-9(15)10-3-4-12(13(7-10)16-2)17-8-11-5-6-14-18-11/h3-7,9,15H,8H2,1-2H3. The summed E-state index contributed by atoms with van der Waals surface area (Å²) in [6.45, 7) is 1.98. The molecule has 1 aromatic heterocycles. The third-order valence-electron chi connectivity index (χ3n) is 2.53. The van der Waals surface area contributed by atoms with E-state index < -0.39 is 6.10 Å². The molecule has 18 heavy (non-hydrogen) atoms. The Labute approximate surface area is 105 Å². The van der Waals surface area contributed by atoms with Gasteiger partial charge >= 0.3 is 0 Å². The van der Waals surface area contributed by atoms with E-state index in [9.17, 15) is 5.11 Å². The van der Waals surface area contributed by atoms with Crippen molar-refractivity contribution in [3.05, 3.63) is 41.8 Å². The summed E-state index contributed by atoms with van der Waals surface area (Å²) in [6, 6.07) is 7.04. The lowest BCUT2D eigenvalue weighted by Crippen LogP contribution is -1.98. The summed E-state index contributed by atoms with van der Waals surface area (Å²) in [4.78, 5) is 0. The van der Waals surface area contributed by atoms with Crippen LogP contribution in [0.25, 0.3) is 0 Å². The molecule has 0 aliphatic rings. The van der Waals surface area contributed by atoms with Gasteiger partial charge in [0.2, 0.25) is 0 Å². The molecule has 0 saturated carbocycles. The number of benzene rings is 1. The minimum Gasteiger partial charge on any atom is -0.493 e. The van der Waals surface area contributed by atoms with Crippen molar-refractivity contribution in [1.82, 2.24) is 5.16 Å². The first-order valence-corrected chi connectivity index (χ1v) is 5.59. The molecule has 0 aliphatic heterocycles. The molecule has 1 aromatic carbocycles. The third-order valence-corrected chi connectivity index (χ3v) is 2.53. The fraction of sp³-hybridized carbons (Fsp3) is 0.308. The fourth-order valence-electron chi connectivity index (χ4n) is 1.53. The number of aliphatic hydroxyl groups is 1. The van der Waals surface area contributed by atoms with Crippen LogP contribution in [0.3, 0.4) is 0 Å². The molecule has 0 saturated heterocycles. The fourth-order valence-corrected chi connectivity index (χ4v) is 1.53. The van der Waals surface area contributed by atoms with Crippen molar-refractivity contribution >= 4 is 0 Å². The zero-order valence-electron chi connectivity index (χ0n) is 10.3. The predicted molar refractivity (Wildman–Crippen MR) is 64.5 cm³/mol. The smallest absolute Gasteiger partial charge is 0.174 e. The first-order valence-electron chi connectivity index (χ1n) is 5.59. The van der Waals surface area contributed by atoms with E-state index in [0.29, 0.717) is 17.3 Å². The van der Waals surface area contributed by atoms with Crippen LogP contribution in [0.5, 0.6) is 11.5 Å². The van der Waals surface area contributed by atoms with Gasteiger partial charge in [-0.15, -0.1) is 0 Å². The maximum Gasteiger partial charge on any atom is 0.174 e. The topological polar surface area (TPSA) is 64.7 Å². The van der Waals surface area contributed by atoms with Gasteiger partial charge in [-0.1, -0.05) is 11.2 Å². The normalized spacial score (nSPS) is 12.2. The Morgan fingerprint density at radius 1 is 1.33 bits per heavy atom. The minimum absolute atomic E-state index is 0.282. The van der Waals surface area contributed by atoms with E-state index in [0.717, 1.165) is 5.56 Å². The molecule has 1 N–H and O–H groups in total. The maximum atomic E-state index is 9.50. The Hall–Kier alpha value is -2.01. The van der Waals surface area contributed by atoms with Gasteiger partial charge < -0.3 is 19.1 Å². The molecular formula is C13H15NO4. The highest BCUT2D eigenvalue weighted by Gasteiger charge is 2.09. The molecular weight excluding hydrogens is 234 g/mol. The Balaban J connectivity index is 2.12. The van der Waals surface area contributed by atoms with E-state index in [2.05, 4.69) is 5.16 Å². The molecule has 5 nitrogen and oxygen atoms in total. The van der Waals surface area contributed by atoms with Crippen molar-refractivity contribution in [2.24, 2.45) is 0 Å². The summed E-state index contributed by atoms with van der Waals surface area (Å²) < 4.78 is 15.7. The van der Waals surface area contributed by atoms with Crippen LogP contribution in [0.4, 0.5) is 0 Å². The Bertz CT molecular complexity index is 494. The molecule has 0 bridgehead atoms. The number of ether oxygens (including phenoxy) is 2. The van der Waals surface area contributed by atoms with Crippen LogP contribution in [-0.2, 0) is 6.61 Å². The van der Waals surface area contributed by atoms with E-state index >= 15 is 0 Å². The number of aromatic nitrogens is 1. The van der Waals surface area contributed by atoms with E-state index in [4.69, 9.17) is 14.0 Å². The number of hydrogen-bond acceptors (Lipinski definition) is 5. The van der Waals surface area contributed by atoms with Crippen LogP contribution in [0.2, 0.25) is 0 Å². The van der Waals surface area contributed by atoms with Crippen LogP contribution in [0.15, 0.2) is 35.0 Å². The minimum atomic E-state index is -0.540. The van der Waals surface area contributed by atoms with Gasteiger partial charge in [-0.3, -0.25) is 0 Å². The summed E-state index contributed by atoms with van der Waals surface area (Å²) >= 11 is 0. The highest BCUT2D eigenvalue weighted by atomic mass is 16.5. The summed E-state index contributed by atoms with van der Waals surface area (Å²) in [5.41, 5.74) is 0.777. The second kappa shape index (κ2) is 5.55. The van der Waals surface area contributed by atoms with Crippen molar-refractivity contribution in [3.8, 4) is 11.5 Å². The SMILES string of the molecule is COc1cc(C(C)O)ccc1OCc1ccno1. The van der Waals surface area contributed by atoms with Crippen molar-refractivity contribution < 1.29 is 19.1 Å². The molecule has 1 unspecified atom stereocenters. The largest absolute Gasteiger partial charge is 0.493 e. The number of methoxy groups -OCH3 is 1. The van der Waals surface area contributed by atoms with Gasteiger partial charge in [-0.05, 0) is 24.6 Å². The molecule has 96 valence electrons. The van der Waals surface area contributed by atoms with Crippen molar-refractivity contribution in [2.45, 2.75) is 19.6 Å². The van der Waals surface area contributed by atoms with Gasteiger partial charge in [-0.2, -0.15) is 0 Å². The van der Waals surface area contributed by atoms with Crippen LogP contribution >= 0.6 is 0 Å². The highest BCUT2D eigenvalue weighted by Crippen LogP contribution is 2.30. The molecule has 0 radical (unpaired) electrons. The lowest BCUT2D eigenvalue weighted by atomic mass is 10.1. The van der Waals surface area contributed by atoms with Gasteiger partial charge in [0.1, 0.15) is 6.61 Å². The van der Waals surface area contributed by atoms with Gasteiger partial charge in [-0.25, -0.2) is 0 Å². The van der Waals surface area contributed by atoms with Crippen LogP contribution in [-0.4, -0.2) is 17.4 Å². The number of aliphatic hydroxyl groups excluding tert-OH is 1. The monoisotopic (exact) mass is 249 g/mol. The highest BCUT2D eigenvalue weighted by molar-refractivity contribution is 5.43. The van der Waals surface area contributed by atoms with Gasteiger partial charge in [0.25, 0.3) is 0 Å². The van der Waals surface area contributed by atoms with Gasteiger partial charge in [0.15, 0.2) is 17.3 Å². The molecule has 0 aliphatic carbocycles. The Morgan fingerprint density at radius 3 is 2.78 bits per heavy atom. The molecule has 0 fully saturated rings. The van der Waals surface area contributed by atoms with Crippen LogP contribution in [0, 0.1) is 0 Å². The molecule has 1 atom stereocenters. The second-order valence-electron chi connectivity index (χ2n) is 3.85. The van der Waals surface area contributed by atoms with Crippen LogP contribution in [0.1, 0.15) is 24.4 Å². The van der Waals surface area contributed by atoms with Crippen molar-refractivity contribution in [2.75, 3.05) is 7.11 Å². The number of hydrogen-bond donors (Lipinski definition) is 1. The lowest BCUT2D eigenvalue weighted by Gasteiger charge is -2.12. The first kappa shape index (κ1) is 12.4. The van der Waals surface area contributed by atoms with Crippen molar-refractivity contribution in [3.63, 3.8) is 0 Å². The quantitative estimate of drug-likeness (QED) is 0.880. The van der Waals surface area contributed by atoms with Crippen LogP contribution < -0.4 is 9.47 Å². The van der Waals surface area contributed by atoms with E-state index in [1.54, 1.807) is 44.5 Å². The summed E-state index contributed by atoms with van der Waals surface area (Å²) in [5.74, 6) is 1.81.